The van der Waals surface area contributed by atoms with Crippen LogP contribution in [-0.2, 0) is 18.4 Å². The van der Waals surface area contributed by atoms with Crippen LogP contribution >= 0.6 is 11.3 Å². The number of rotatable bonds is 4. The monoisotopic (exact) mass is 443 g/mol. The van der Waals surface area contributed by atoms with E-state index in [2.05, 4.69) is 32.4 Å². The molecule has 4 aromatic rings. The summed E-state index contributed by atoms with van der Waals surface area (Å²) in [6.07, 6.45) is 3.26. The van der Waals surface area contributed by atoms with Crippen LogP contribution in [0.1, 0.15) is 39.5 Å². The van der Waals surface area contributed by atoms with Crippen LogP contribution in [0.25, 0.3) is 11.0 Å². The van der Waals surface area contributed by atoms with Gasteiger partial charge in [-0.3, -0.25) is 9.59 Å². The largest absolute Gasteiger partial charge is 0.348 e. The van der Waals surface area contributed by atoms with Gasteiger partial charge >= 0.3 is 0 Å². The normalized spacial score (nSPS) is 10.5. The minimum absolute atomic E-state index is 0.147. The summed E-state index contributed by atoms with van der Waals surface area (Å²) in [7, 11) is 1.86. The lowest BCUT2D eigenvalue weighted by atomic mass is 10.0. The van der Waals surface area contributed by atoms with Gasteiger partial charge in [0.05, 0.1) is 10.9 Å². The molecule has 0 aliphatic rings. The van der Waals surface area contributed by atoms with Gasteiger partial charge in [0.25, 0.3) is 5.91 Å². The zero-order valence-electron chi connectivity index (χ0n) is 17.9. The number of aromatic nitrogens is 3. The van der Waals surface area contributed by atoms with Crippen LogP contribution in [0.15, 0.2) is 47.5 Å². The third-order valence-electron chi connectivity index (χ3n) is 4.91. The summed E-state index contributed by atoms with van der Waals surface area (Å²) in [5, 5.41) is 10.3. The minimum atomic E-state index is -0.218. The Balaban J connectivity index is 1.65. The van der Waals surface area contributed by atoms with Crippen LogP contribution in [0.4, 0.5) is 5.82 Å². The molecule has 0 fully saturated rings. The van der Waals surface area contributed by atoms with Crippen LogP contribution in [0.2, 0.25) is 0 Å². The lowest BCUT2D eigenvalue weighted by Gasteiger charge is -2.06. The standard InChI is InChI=1S/C24H21N5O2S/c1-15-4-5-19(24(31)25-11-17-8-9-32-13-17)10-18(15)6-7-20-12-29(3)23-21(20)22(26-14-27-23)28-16(2)30/h4-5,8-10,12-14H,11H2,1-3H3,(H,25,31)(H,26,27,28,30). The number of carbonyl (C=O) groups is 2. The lowest BCUT2D eigenvalue weighted by molar-refractivity contribution is -0.114. The molecule has 3 aromatic heterocycles. The summed E-state index contributed by atoms with van der Waals surface area (Å²) in [4.78, 5) is 32.7. The first-order valence-electron chi connectivity index (χ1n) is 9.92. The average molecular weight is 444 g/mol. The van der Waals surface area contributed by atoms with Gasteiger partial charge in [-0.15, -0.1) is 0 Å². The first-order valence-corrected chi connectivity index (χ1v) is 10.9. The third kappa shape index (κ3) is 4.53. The van der Waals surface area contributed by atoms with Crippen LogP contribution in [-0.4, -0.2) is 26.3 Å². The van der Waals surface area contributed by atoms with E-state index in [9.17, 15) is 9.59 Å². The minimum Gasteiger partial charge on any atom is -0.348 e. The molecule has 0 saturated heterocycles. The van der Waals surface area contributed by atoms with Gasteiger partial charge in [-0.1, -0.05) is 17.9 Å². The maximum absolute atomic E-state index is 12.6. The second kappa shape index (κ2) is 9.04. The predicted octanol–water partition coefficient (Wildman–Crippen LogP) is 3.63. The third-order valence-corrected chi connectivity index (χ3v) is 5.64. The molecule has 2 amide bonds. The molecule has 0 spiro atoms. The molecule has 4 rings (SSSR count). The van der Waals surface area contributed by atoms with Gasteiger partial charge in [0.15, 0.2) is 0 Å². The Morgan fingerprint density at radius 2 is 1.97 bits per heavy atom. The number of nitrogens with one attached hydrogen (secondary N) is 2. The van der Waals surface area contributed by atoms with E-state index in [-0.39, 0.29) is 11.8 Å². The molecule has 2 N–H and O–H groups in total. The van der Waals surface area contributed by atoms with Crippen LogP contribution in [0, 0.1) is 18.8 Å². The number of benzene rings is 1. The van der Waals surface area contributed by atoms with Gasteiger partial charge < -0.3 is 15.2 Å². The highest BCUT2D eigenvalue weighted by Crippen LogP contribution is 2.24. The number of amides is 2. The fraction of sp³-hybridized carbons (Fsp3) is 0.167. The molecule has 0 atom stereocenters. The summed E-state index contributed by atoms with van der Waals surface area (Å²) in [5.41, 5.74) is 4.71. The Kier molecular flexibility index (Phi) is 6.01. The van der Waals surface area contributed by atoms with E-state index in [0.29, 0.717) is 34.5 Å². The lowest BCUT2D eigenvalue weighted by Crippen LogP contribution is -2.22. The molecule has 160 valence electrons. The highest BCUT2D eigenvalue weighted by molar-refractivity contribution is 7.07. The van der Waals surface area contributed by atoms with Crippen molar-refractivity contribution < 1.29 is 9.59 Å². The second-order valence-corrected chi connectivity index (χ2v) is 8.13. The molecule has 0 radical (unpaired) electrons. The van der Waals surface area contributed by atoms with Gasteiger partial charge in [-0.25, -0.2) is 9.97 Å². The number of aryl methyl sites for hydroxylation is 2. The van der Waals surface area contributed by atoms with E-state index in [1.165, 1.54) is 13.3 Å². The van der Waals surface area contributed by atoms with Crippen molar-refractivity contribution in [3.63, 3.8) is 0 Å². The van der Waals surface area contributed by atoms with Crippen molar-refractivity contribution >= 4 is 40.0 Å². The van der Waals surface area contributed by atoms with Crippen molar-refractivity contribution in [3.05, 3.63) is 75.4 Å². The fourth-order valence-corrected chi connectivity index (χ4v) is 3.95. The van der Waals surface area contributed by atoms with E-state index in [0.717, 1.165) is 16.7 Å². The number of nitrogens with zero attached hydrogens (tertiary/aromatic N) is 3. The summed E-state index contributed by atoms with van der Waals surface area (Å²) in [6, 6.07) is 7.46. The summed E-state index contributed by atoms with van der Waals surface area (Å²) in [5.74, 6) is 6.39. The van der Waals surface area contributed by atoms with Crippen molar-refractivity contribution in [1.82, 2.24) is 19.9 Å². The second-order valence-electron chi connectivity index (χ2n) is 7.35. The predicted molar refractivity (Wildman–Crippen MR) is 125 cm³/mol. The Labute approximate surface area is 189 Å². The zero-order valence-corrected chi connectivity index (χ0v) is 18.7. The maximum atomic E-state index is 12.6. The quantitative estimate of drug-likeness (QED) is 0.472. The first-order chi connectivity index (χ1) is 15.4. The van der Waals surface area contributed by atoms with E-state index in [1.54, 1.807) is 23.5 Å². The first kappa shape index (κ1) is 21.3. The van der Waals surface area contributed by atoms with Crippen LogP contribution < -0.4 is 10.6 Å². The molecule has 0 aliphatic heterocycles. The number of thiophene rings is 1. The zero-order chi connectivity index (χ0) is 22.7. The highest BCUT2D eigenvalue weighted by Gasteiger charge is 2.13. The number of hydrogen-bond donors (Lipinski definition) is 2. The Morgan fingerprint density at radius 3 is 2.72 bits per heavy atom. The molecule has 0 unspecified atom stereocenters. The van der Waals surface area contributed by atoms with Gasteiger partial charge in [-0.05, 0) is 47.0 Å². The molecule has 1 aromatic carbocycles. The highest BCUT2D eigenvalue weighted by atomic mass is 32.1. The van der Waals surface area contributed by atoms with Gasteiger partial charge in [0.1, 0.15) is 17.8 Å². The molecule has 32 heavy (non-hydrogen) atoms. The fourth-order valence-electron chi connectivity index (χ4n) is 3.28. The SMILES string of the molecule is CC(=O)Nc1ncnc2c1c(C#Cc1cc(C(=O)NCc3ccsc3)ccc1C)cn2C. The Bertz CT molecular complexity index is 1380. The average Bonchev–Trinajstić information content (AvgIpc) is 3.40. The van der Waals surface area contributed by atoms with E-state index < -0.39 is 0 Å². The van der Waals surface area contributed by atoms with E-state index >= 15 is 0 Å². The van der Waals surface area contributed by atoms with Crippen LogP contribution in [0.3, 0.4) is 0 Å². The van der Waals surface area contributed by atoms with E-state index in [1.807, 2.05) is 47.6 Å². The molecule has 0 bridgehead atoms. The van der Waals surface area contributed by atoms with Crippen molar-refractivity contribution in [1.29, 1.82) is 0 Å². The van der Waals surface area contributed by atoms with E-state index in [4.69, 9.17) is 0 Å². The summed E-state index contributed by atoms with van der Waals surface area (Å²) in [6.45, 7) is 3.87. The Hall–Kier alpha value is -3.96. The number of fused-ring (bicyclic) bond motifs is 1. The number of hydrogen-bond acceptors (Lipinski definition) is 5. The van der Waals surface area contributed by atoms with Gasteiger partial charge in [0, 0.05) is 37.8 Å². The smallest absolute Gasteiger partial charge is 0.251 e. The van der Waals surface area contributed by atoms with Gasteiger partial charge in [-0.2, -0.15) is 11.3 Å². The molecule has 7 nitrogen and oxygen atoms in total. The Morgan fingerprint density at radius 1 is 1.16 bits per heavy atom. The van der Waals surface area contributed by atoms with Crippen molar-refractivity contribution in [3.8, 4) is 11.8 Å². The summed E-state index contributed by atoms with van der Waals surface area (Å²) >= 11 is 1.60. The maximum Gasteiger partial charge on any atom is 0.251 e. The molecular weight excluding hydrogens is 422 g/mol. The molecule has 0 saturated carbocycles. The molecule has 3 heterocycles. The number of anilines is 1. The topological polar surface area (TPSA) is 88.9 Å². The molecule has 0 aliphatic carbocycles. The summed E-state index contributed by atoms with van der Waals surface area (Å²) < 4.78 is 1.84. The number of carbonyl (C=O) groups excluding carboxylic acids is 2. The van der Waals surface area contributed by atoms with Crippen molar-refractivity contribution in [2.45, 2.75) is 20.4 Å². The molecule has 8 heteroatoms. The van der Waals surface area contributed by atoms with Crippen LogP contribution in [0.5, 0.6) is 0 Å². The van der Waals surface area contributed by atoms with Crippen molar-refractivity contribution in [2.24, 2.45) is 7.05 Å². The van der Waals surface area contributed by atoms with Crippen molar-refractivity contribution in [2.75, 3.05) is 5.32 Å². The molecular formula is C24H21N5O2S. The van der Waals surface area contributed by atoms with Gasteiger partial charge in [0.2, 0.25) is 5.91 Å².